The van der Waals surface area contributed by atoms with Gasteiger partial charge in [-0.3, -0.25) is 4.79 Å². The minimum absolute atomic E-state index is 0.245. The molecule has 0 saturated heterocycles. The van der Waals surface area contributed by atoms with Crippen molar-refractivity contribution in [3.8, 4) is 0 Å². The molecule has 0 radical (unpaired) electrons. The summed E-state index contributed by atoms with van der Waals surface area (Å²) < 4.78 is 13.5. The zero-order valence-electron chi connectivity index (χ0n) is 8.54. The maximum atomic E-state index is 12.8. The Bertz CT molecular complexity index is 429. The van der Waals surface area contributed by atoms with E-state index in [1.54, 1.807) is 18.2 Å². The van der Waals surface area contributed by atoms with Gasteiger partial charge in [0.25, 0.3) is 0 Å². The van der Waals surface area contributed by atoms with Crippen LogP contribution in [0.25, 0.3) is 6.08 Å². The second kappa shape index (κ2) is 6.23. The topological polar surface area (TPSA) is 29.1 Å². The number of halogens is 2. The molecule has 0 atom stereocenters. The second-order valence-electron chi connectivity index (χ2n) is 3.12. The van der Waals surface area contributed by atoms with Gasteiger partial charge < -0.3 is 5.32 Å². The van der Waals surface area contributed by atoms with Gasteiger partial charge in [0.2, 0.25) is 5.91 Å². The van der Waals surface area contributed by atoms with Gasteiger partial charge in [-0.2, -0.15) is 0 Å². The Morgan fingerprint density at radius 1 is 1.56 bits per heavy atom. The molecule has 84 valence electrons. The van der Waals surface area contributed by atoms with Gasteiger partial charge in [-0.15, -0.1) is 0 Å². The van der Waals surface area contributed by atoms with Crippen molar-refractivity contribution < 1.29 is 9.18 Å². The van der Waals surface area contributed by atoms with Crippen LogP contribution in [-0.4, -0.2) is 12.5 Å². The van der Waals surface area contributed by atoms with Crippen molar-refractivity contribution in [2.75, 3.05) is 6.54 Å². The Hall–Kier alpha value is -1.42. The number of amides is 1. The van der Waals surface area contributed by atoms with Crippen LogP contribution in [0.4, 0.5) is 4.39 Å². The van der Waals surface area contributed by atoms with Crippen LogP contribution in [0.2, 0.25) is 0 Å². The summed E-state index contributed by atoms with van der Waals surface area (Å²) in [6, 6.07) is 6.02. The zero-order chi connectivity index (χ0) is 12.0. The molecule has 16 heavy (non-hydrogen) atoms. The van der Waals surface area contributed by atoms with Crippen LogP contribution < -0.4 is 5.32 Å². The molecular formula is C12H11BrFNO. The molecule has 1 aromatic rings. The normalized spacial score (nSPS) is 10.4. The van der Waals surface area contributed by atoms with Gasteiger partial charge in [0, 0.05) is 17.1 Å². The predicted octanol–water partition coefficient (Wildman–Crippen LogP) is 2.86. The molecule has 1 rings (SSSR count). The van der Waals surface area contributed by atoms with Crippen LogP contribution in [0.15, 0.2) is 41.4 Å². The lowest BCUT2D eigenvalue weighted by atomic mass is 10.2. The molecule has 0 unspecified atom stereocenters. The highest BCUT2D eigenvalue weighted by Gasteiger charge is 1.95. The van der Waals surface area contributed by atoms with Gasteiger partial charge in [0.05, 0.1) is 0 Å². The summed E-state index contributed by atoms with van der Waals surface area (Å²) in [4.78, 5) is 11.3. The third-order valence-corrected chi connectivity index (χ3v) is 2.01. The summed E-state index contributed by atoms with van der Waals surface area (Å²) in [5.74, 6) is -0.568. The van der Waals surface area contributed by atoms with Crippen molar-refractivity contribution in [2.24, 2.45) is 0 Å². The predicted molar refractivity (Wildman–Crippen MR) is 66.5 cm³/mol. The molecule has 1 aromatic carbocycles. The van der Waals surface area contributed by atoms with Crippen molar-refractivity contribution in [3.05, 3.63) is 52.8 Å². The lowest BCUT2D eigenvalue weighted by Crippen LogP contribution is -2.21. The third kappa shape index (κ3) is 4.89. The van der Waals surface area contributed by atoms with Crippen LogP contribution in [0.1, 0.15) is 5.56 Å². The van der Waals surface area contributed by atoms with E-state index in [2.05, 4.69) is 27.8 Å². The molecule has 0 spiro atoms. The molecule has 1 amide bonds. The largest absolute Gasteiger partial charge is 0.348 e. The Balaban J connectivity index is 2.53. The molecule has 2 nitrogen and oxygen atoms in total. The van der Waals surface area contributed by atoms with Crippen molar-refractivity contribution in [2.45, 2.75) is 0 Å². The van der Waals surface area contributed by atoms with Gasteiger partial charge in [0.1, 0.15) is 5.82 Å². The van der Waals surface area contributed by atoms with Gasteiger partial charge >= 0.3 is 0 Å². The summed E-state index contributed by atoms with van der Waals surface area (Å²) in [5, 5.41) is 2.60. The quantitative estimate of drug-likeness (QED) is 0.846. The minimum Gasteiger partial charge on any atom is -0.348 e. The van der Waals surface area contributed by atoms with E-state index in [9.17, 15) is 9.18 Å². The molecule has 0 aromatic heterocycles. The highest BCUT2D eigenvalue weighted by atomic mass is 79.9. The second-order valence-corrected chi connectivity index (χ2v) is 4.24. The van der Waals surface area contributed by atoms with Crippen LogP contribution in [0.3, 0.4) is 0 Å². The van der Waals surface area contributed by atoms with Gasteiger partial charge in [-0.25, -0.2) is 4.39 Å². The van der Waals surface area contributed by atoms with E-state index in [4.69, 9.17) is 0 Å². The Labute approximate surface area is 102 Å². The number of nitrogens with one attached hydrogen (secondary N) is 1. The van der Waals surface area contributed by atoms with E-state index in [0.29, 0.717) is 16.6 Å². The van der Waals surface area contributed by atoms with Crippen molar-refractivity contribution in [1.82, 2.24) is 5.32 Å². The highest BCUT2D eigenvalue weighted by molar-refractivity contribution is 9.11. The lowest BCUT2D eigenvalue weighted by molar-refractivity contribution is -0.116. The fourth-order valence-corrected chi connectivity index (χ4v) is 1.16. The SMILES string of the molecule is C=C(Br)CNC(=O)/C=C/c1cccc(F)c1. The van der Waals surface area contributed by atoms with Crippen LogP contribution in [0.5, 0.6) is 0 Å². The smallest absolute Gasteiger partial charge is 0.244 e. The highest BCUT2D eigenvalue weighted by Crippen LogP contribution is 2.05. The average molecular weight is 284 g/mol. The molecule has 0 saturated carbocycles. The van der Waals surface area contributed by atoms with E-state index in [1.165, 1.54) is 18.2 Å². The van der Waals surface area contributed by atoms with Crippen molar-refractivity contribution in [1.29, 1.82) is 0 Å². The zero-order valence-corrected chi connectivity index (χ0v) is 10.1. The third-order valence-electron chi connectivity index (χ3n) is 1.73. The van der Waals surface area contributed by atoms with Gasteiger partial charge in [-0.1, -0.05) is 34.6 Å². The van der Waals surface area contributed by atoms with Gasteiger partial charge in [0.15, 0.2) is 0 Å². The Morgan fingerprint density at radius 2 is 2.31 bits per heavy atom. The Kier molecular flexibility index (Phi) is 4.92. The lowest BCUT2D eigenvalue weighted by Gasteiger charge is -1.98. The van der Waals surface area contributed by atoms with E-state index >= 15 is 0 Å². The number of carbonyl (C=O) groups is 1. The maximum Gasteiger partial charge on any atom is 0.244 e. The fraction of sp³-hybridized carbons (Fsp3) is 0.0833. The van der Waals surface area contributed by atoms with E-state index in [1.807, 2.05) is 0 Å². The van der Waals surface area contributed by atoms with Gasteiger partial charge in [-0.05, 0) is 23.8 Å². The first-order valence-electron chi connectivity index (χ1n) is 4.62. The maximum absolute atomic E-state index is 12.8. The molecule has 1 N–H and O–H groups in total. The monoisotopic (exact) mass is 283 g/mol. The summed E-state index contributed by atoms with van der Waals surface area (Å²) >= 11 is 3.13. The molecule has 0 aliphatic carbocycles. The van der Waals surface area contributed by atoms with Crippen molar-refractivity contribution >= 4 is 27.9 Å². The first-order valence-corrected chi connectivity index (χ1v) is 5.42. The van der Waals surface area contributed by atoms with Crippen LogP contribution in [-0.2, 0) is 4.79 Å². The molecule has 0 aliphatic rings. The molecule has 0 fully saturated rings. The van der Waals surface area contributed by atoms with E-state index in [0.717, 1.165) is 0 Å². The molecule has 0 heterocycles. The molecule has 0 bridgehead atoms. The number of hydrogen-bond acceptors (Lipinski definition) is 1. The number of rotatable bonds is 4. The van der Waals surface area contributed by atoms with Crippen LogP contribution in [0, 0.1) is 5.82 Å². The standard InChI is InChI=1S/C12H11BrFNO/c1-9(13)8-15-12(16)6-5-10-3-2-4-11(14)7-10/h2-7H,1,8H2,(H,15,16)/b6-5+. The summed E-state index contributed by atoms with van der Waals surface area (Å²) in [7, 11) is 0. The van der Waals surface area contributed by atoms with Crippen LogP contribution >= 0.6 is 15.9 Å². The van der Waals surface area contributed by atoms with E-state index < -0.39 is 0 Å². The molecule has 4 heteroatoms. The fourth-order valence-electron chi connectivity index (χ4n) is 1.02. The molecule has 0 aliphatic heterocycles. The minimum atomic E-state index is -0.323. The summed E-state index contributed by atoms with van der Waals surface area (Å²) in [6.07, 6.45) is 2.90. The summed E-state index contributed by atoms with van der Waals surface area (Å²) in [5.41, 5.74) is 0.646. The Morgan fingerprint density at radius 3 is 2.94 bits per heavy atom. The van der Waals surface area contributed by atoms with Crippen molar-refractivity contribution in [3.63, 3.8) is 0 Å². The number of carbonyl (C=O) groups excluding carboxylic acids is 1. The average Bonchev–Trinajstić information content (AvgIpc) is 2.23. The van der Waals surface area contributed by atoms with E-state index in [-0.39, 0.29) is 11.7 Å². The first-order chi connectivity index (χ1) is 7.58. The first kappa shape index (κ1) is 12.6. The number of benzene rings is 1. The number of hydrogen-bond donors (Lipinski definition) is 1. The summed E-state index contributed by atoms with van der Waals surface area (Å²) in [6.45, 7) is 3.95. The molecular weight excluding hydrogens is 273 g/mol.